The Bertz CT molecular complexity index is 1160. The minimum Gasteiger partial charge on any atom is -0.489 e. The first kappa shape index (κ1) is 21.1. The number of hydrogen-bond donors (Lipinski definition) is 1. The van der Waals surface area contributed by atoms with E-state index in [0.29, 0.717) is 29.8 Å². The molecule has 1 atom stereocenters. The molecule has 1 N–H and O–H groups in total. The van der Waals surface area contributed by atoms with Crippen molar-refractivity contribution in [1.82, 2.24) is 15.5 Å². The predicted octanol–water partition coefficient (Wildman–Crippen LogP) is 5.31. The first-order chi connectivity index (χ1) is 15.6. The number of nitrogens with zero attached hydrogens (tertiary/aromatic N) is 2. The molecule has 0 aliphatic heterocycles. The summed E-state index contributed by atoms with van der Waals surface area (Å²) in [7, 11) is 0. The Morgan fingerprint density at radius 2 is 1.56 bits per heavy atom. The van der Waals surface area contributed by atoms with Gasteiger partial charge in [-0.2, -0.15) is 4.98 Å². The summed E-state index contributed by atoms with van der Waals surface area (Å²) in [6, 6.07) is 24.5. The SMILES string of the molecule is CC(=O)NC(C)c1nc(-c2ccc(Oc3ccc(OCc4ccccc4)cc3)cc2)no1. The second kappa shape index (κ2) is 9.78. The van der Waals surface area contributed by atoms with E-state index in [-0.39, 0.29) is 11.9 Å². The molecule has 3 aromatic carbocycles. The van der Waals surface area contributed by atoms with Gasteiger partial charge in [0, 0.05) is 12.5 Å². The normalized spacial score (nSPS) is 11.6. The Kier molecular flexibility index (Phi) is 6.46. The molecule has 0 saturated heterocycles. The van der Waals surface area contributed by atoms with E-state index >= 15 is 0 Å². The summed E-state index contributed by atoms with van der Waals surface area (Å²) >= 11 is 0. The number of carbonyl (C=O) groups is 1. The zero-order chi connectivity index (χ0) is 22.3. The van der Waals surface area contributed by atoms with Gasteiger partial charge in [-0.1, -0.05) is 35.5 Å². The van der Waals surface area contributed by atoms with Crippen LogP contribution in [0.25, 0.3) is 11.4 Å². The van der Waals surface area contributed by atoms with Crippen LogP contribution < -0.4 is 14.8 Å². The van der Waals surface area contributed by atoms with Crippen LogP contribution in [0.1, 0.15) is 31.3 Å². The minimum atomic E-state index is -0.351. The molecule has 0 spiro atoms. The molecule has 7 heteroatoms. The third-order valence-corrected chi connectivity index (χ3v) is 4.65. The van der Waals surface area contributed by atoms with Crippen LogP contribution in [0, 0.1) is 0 Å². The highest BCUT2D eigenvalue weighted by atomic mass is 16.5. The van der Waals surface area contributed by atoms with Crippen LogP contribution in [0.5, 0.6) is 17.2 Å². The summed E-state index contributed by atoms with van der Waals surface area (Å²) in [6.07, 6.45) is 0. The molecule has 0 radical (unpaired) electrons. The van der Waals surface area contributed by atoms with Gasteiger partial charge in [0.05, 0.1) is 0 Å². The van der Waals surface area contributed by atoms with E-state index in [1.54, 1.807) is 6.92 Å². The van der Waals surface area contributed by atoms with Crippen molar-refractivity contribution in [1.29, 1.82) is 0 Å². The van der Waals surface area contributed by atoms with Gasteiger partial charge in [-0.25, -0.2) is 0 Å². The fourth-order valence-corrected chi connectivity index (χ4v) is 3.05. The molecule has 162 valence electrons. The monoisotopic (exact) mass is 429 g/mol. The second-order valence-corrected chi connectivity index (χ2v) is 7.25. The Morgan fingerprint density at radius 3 is 2.22 bits per heavy atom. The highest BCUT2D eigenvalue weighted by Crippen LogP contribution is 2.27. The highest BCUT2D eigenvalue weighted by Gasteiger charge is 2.16. The molecule has 0 fully saturated rings. The molecule has 4 rings (SSSR count). The summed E-state index contributed by atoms with van der Waals surface area (Å²) in [4.78, 5) is 15.5. The van der Waals surface area contributed by atoms with E-state index in [2.05, 4.69) is 15.5 Å². The molecule has 0 aliphatic carbocycles. The fraction of sp³-hybridized carbons (Fsp3) is 0.160. The van der Waals surface area contributed by atoms with Gasteiger partial charge in [0.2, 0.25) is 17.6 Å². The smallest absolute Gasteiger partial charge is 0.249 e. The summed E-state index contributed by atoms with van der Waals surface area (Å²) in [5.74, 6) is 2.80. The van der Waals surface area contributed by atoms with Gasteiger partial charge in [-0.3, -0.25) is 4.79 Å². The van der Waals surface area contributed by atoms with Crippen molar-refractivity contribution >= 4 is 5.91 Å². The topological polar surface area (TPSA) is 86.5 Å². The van der Waals surface area contributed by atoms with E-state index in [1.165, 1.54) is 6.92 Å². The largest absolute Gasteiger partial charge is 0.489 e. The van der Waals surface area contributed by atoms with Crippen LogP contribution >= 0.6 is 0 Å². The third-order valence-electron chi connectivity index (χ3n) is 4.65. The Hall–Kier alpha value is -4.13. The highest BCUT2D eigenvalue weighted by molar-refractivity contribution is 5.73. The first-order valence-electron chi connectivity index (χ1n) is 10.2. The lowest BCUT2D eigenvalue weighted by Crippen LogP contribution is -2.23. The van der Waals surface area contributed by atoms with Crippen molar-refractivity contribution < 1.29 is 18.8 Å². The van der Waals surface area contributed by atoms with E-state index in [9.17, 15) is 4.79 Å². The van der Waals surface area contributed by atoms with Crippen molar-refractivity contribution in [3.8, 4) is 28.6 Å². The predicted molar refractivity (Wildman–Crippen MR) is 119 cm³/mol. The van der Waals surface area contributed by atoms with Gasteiger partial charge in [-0.15, -0.1) is 0 Å². The van der Waals surface area contributed by atoms with Crippen LogP contribution in [0.2, 0.25) is 0 Å². The van der Waals surface area contributed by atoms with E-state index in [0.717, 1.165) is 16.9 Å². The van der Waals surface area contributed by atoms with Gasteiger partial charge in [-0.05, 0) is 61.0 Å². The fourth-order valence-electron chi connectivity index (χ4n) is 3.05. The van der Waals surface area contributed by atoms with Crippen LogP contribution in [-0.4, -0.2) is 16.0 Å². The molecule has 1 amide bonds. The Labute approximate surface area is 186 Å². The number of aromatic nitrogens is 2. The molecular formula is C25H23N3O4. The lowest BCUT2D eigenvalue weighted by molar-refractivity contribution is -0.119. The van der Waals surface area contributed by atoms with Gasteiger partial charge >= 0.3 is 0 Å². The molecular weight excluding hydrogens is 406 g/mol. The maximum atomic E-state index is 11.2. The first-order valence-corrected chi connectivity index (χ1v) is 10.2. The molecule has 0 bridgehead atoms. The van der Waals surface area contributed by atoms with Crippen LogP contribution in [0.3, 0.4) is 0 Å². The number of carbonyl (C=O) groups excluding carboxylic acids is 1. The molecule has 1 heterocycles. The summed E-state index contributed by atoms with van der Waals surface area (Å²) < 4.78 is 17.0. The van der Waals surface area contributed by atoms with E-state index in [4.69, 9.17) is 14.0 Å². The van der Waals surface area contributed by atoms with Crippen molar-refractivity contribution in [3.05, 3.63) is 90.3 Å². The average Bonchev–Trinajstić information content (AvgIpc) is 3.30. The van der Waals surface area contributed by atoms with E-state index in [1.807, 2.05) is 78.9 Å². The quantitative estimate of drug-likeness (QED) is 0.409. The molecule has 0 saturated carbocycles. The maximum Gasteiger partial charge on any atom is 0.249 e. The third kappa shape index (κ3) is 5.51. The molecule has 32 heavy (non-hydrogen) atoms. The number of rotatable bonds is 8. The average molecular weight is 429 g/mol. The molecule has 4 aromatic rings. The number of benzene rings is 3. The van der Waals surface area contributed by atoms with Crippen molar-refractivity contribution in [2.24, 2.45) is 0 Å². The lowest BCUT2D eigenvalue weighted by Gasteiger charge is -2.09. The summed E-state index contributed by atoms with van der Waals surface area (Å²) in [5, 5.41) is 6.70. The van der Waals surface area contributed by atoms with Crippen LogP contribution in [-0.2, 0) is 11.4 Å². The van der Waals surface area contributed by atoms with Crippen molar-refractivity contribution in [3.63, 3.8) is 0 Å². The molecule has 7 nitrogen and oxygen atoms in total. The molecule has 1 unspecified atom stereocenters. The zero-order valence-corrected chi connectivity index (χ0v) is 17.8. The van der Waals surface area contributed by atoms with Gasteiger partial charge in [0.1, 0.15) is 29.9 Å². The minimum absolute atomic E-state index is 0.158. The summed E-state index contributed by atoms with van der Waals surface area (Å²) in [5.41, 5.74) is 1.90. The zero-order valence-electron chi connectivity index (χ0n) is 17.8. The van der Waals surface area contributed by atoms with Crippen molar-refractivity contribution in [2.75, 3.05) is 0 Å². The molecule has 0 aliphatic rings. The van der Waals surface area contributed by atoms with Gasteiger partial charge < -0.3 is 19.3 Å². The standard InChI is InChI=1S/C25H23N3O4/c1-17(26-18(2)29)25-27-24(28-32-25)20-8-10-22(11-9-20)31-23-14-12-21(13-15-23)30-16-19-6-4-3-5-7-19/h3-15,17H,16H2,1-2H3,(H,26,29). The Morgan fingerprint density at radius 1 is 0.938 bits per heavy atom. The maximum absolute atomic E-state index is 11.2. The van der Waals surface area contributed by atoms with Crippen molar-refractivity contribution in [2.45, 2.75) is 26.5 Å². The number of hydrogen-bond acceptors (Lipinski definition) is 6. The second-order valence-electron chi connectivity index (χ2n) is 7.25. The van der Waals surface area contributed by atoms with Crippen LogP contribution in [0.4, 0.5) is 0 Å². The van der Waals surface area contributed by atoms with Gasteiger partial charge in [0.15, 0.2) is 0 Å². The van der Waals surface area contributed by atoms with Crippen LogP contribution in [0.15, 0.2) is 83.4 Å². The number of ether oxygens (including phenoxy) is 2. The number of nitrogens with one attached hydrogen (secondary N) is 1. The summed E-state index contributed by atoms with van der Waals surface area (Å²) in [6.45, 7) is 3.75. The Balaban J connectivity index is 1.34. The lowest BCUT2D eigenvalue weighted by atomic mass is 10.2. The number of amides is 1. The van der Waals surface area contributed by atoms with Gasteiger partial charge in [0.25, 0.3) is 0 Å². The van der Waals surface area contributed by atoms with E-state index < -0.39 is 0 Å². The molecule has 1 aromatic heterocycles.